The third kappa shape index (κ3) is 2.99. The highest BCUT2D eigenvalue weighted by Crippen LogP contribution is 2.23. The van der Waals surface area contributed by atoms with Crippen molar-refractivity contribution in [3.8, 4) is 0 Å². The van der Waals surface area contributed by atoms with Crippen LogP contribution in [0, 0.1) is 0 Å². The summed E-state index contributed by atoms with van der Waals surface area (Å²) in [4.78, 5) is 0. The zero-order valence-corrected chi connectivity index (χ0v) is 11.3. The van der Waals surface area contributed by atoms with Crippen LogP contribution in [0.5, 0.6) is 0 Å². The van der Waals surface area contributed by atoms with Crippen molar-refractivity contribution in [1.29, 1.82) is 0 Å². The predicted molar refractivity (Wildman–Crippen MR) is 77.7 cm³/mol. The molecule has 0 unspecified atom stereocenters. The van der Waals surface area contributed by atoms with Crippen LogP contribution in [-0.4, -0.2) is 6.10 Å². The molecule has 0 saturated heterocycles. The van der Waals surface area contributed by atoms with Crippen molar-refractivity contribution in [2.75, 3.05) is 0 Å². The molecule has 1 nitrogen and oxygen atoms in total. The fourth-order valence-electron chi connectivity index (χ4n) is 2.18. The lowest BCUT2D eigenvalue weighted by Crippen LogP contribution is -2.08. The maximum atomic E-state index is 5.94. The van der Waals surface area contributed by atoms with Crippen molar-refractivity contribution >= 4 is 10.8 Å². The lowest BCUT2D eigenvalue weighted by atomic mass is 10.0. The van der Waals surface area contributed by atoms with Crippen LogP contribution in [0.15, 0.2) is 54.6 Å². The van der Waals surface area contributed by atoms with Gasteiger partial charge in [-0.15, -0.1) is 0 Å². The molecule has 2 aromatic carbocycles. The maximum Gasteiger partial charge on any atom is 0.0804 e. The summed E-state index contributed by atoms with van der Waals surface area (Å²) < 4.78 is 5.94. The van der Waals surface area contributed by atoms with E-state index >= 15 is 0 Å². The molecule has 0 N–H and O–H groups in total. The van der Waals surface area contributed by atoms with E-state index in [1.54, 1.807) is 0 Å². The monoisotopic (exact) mass is 240 g/mol. The molecule has 0 aliphatic carbocycles. The average molecular weight is 240 g/mol. The maximum absolute atomic E-state index is 5.94. The lowest BCUT2D eigenvalue weighted by molar-refractivity contribution is 0.0335. The van der Waals surface area contributed by atoms with Gasteiger partial charge in [-0.2, -0.15) is 0 Å². The van der Waals surface area contributed by atoms with Crippen LogP contribution >= 0.6 is 0 Å². The smallest absolute Gasteiger partial charge is 0.0804 e. The number of fused-ring (bicyclic) bond motifs is 1. The van der Waals surface area contributed by atoms with Gasteiger partial charge in [0.25, 0.3) is 0 Å². The highest BCUT2D eigenvalue weighted by molar-refractivity contribution is 5.83. The molecule has 0 aliphatic heterocycles. The van der Waals surface area contributed by atoms with Gasteiger partial charge in [0.2, 0.25) is 0 Å². The zero-order chi connectivity index (χ0) is 13.0. The van der Waals surface area contributed by atoms with Crippen LogP contribution in [0.3, 0.4) is 0 Å². The number of benzene rings is 2. The van der Waals surface area contributed by atoms with Crippen molar-refractivity contribution in [2.45, 2.75) is 33.0 Å². The van der Waals surface area contributed by atoms with Gasteiger partial charge in [-0.05, 0) is 43.2 Å². The van der Waals surface area contributed by atoms with Gasteiger partial charge in [-0.1, -0.05) is 48.6 Å². The predicted octanol–water partition coefficient (Wildman–Crippen LogP) is 4.88. The van der Waals surface area contributed by atoms with Crippen LogP contribution < -0.4 is 0 Å². The number of hydrogen-bond donors (Lipinski definition) is 0. The summed E-state index contributed by atoms with van der Waals surface area (Å²) in [6.07, 6.45) is 4.35. The molecule has 0 spiro atoms. The van der Waals surface area contributed by atoms with Gasteiger partial charge in [-0.25, -0.2) is 0 Å². The topological polar surface area (TPSA) is 9.23 Å². The Labute approximate surface area is 109 Å². The molecule has 2 atom stereocenters. The molecule has 1 heteroatoms. The van der Waals surface area contributed by atoms with E-state index in [1.807, 2.05) is 13.0 Å². The second-order valence-electron chi connectivity index (χ2n) is 4.62. The zero-order valence-electron chi connectivity index (χ0n) is 11.3. The van der Waals surface area contributed by atoms with E-state index in [1.165, 1.54) is 16.3 Å². The minimum absolute atomic E-state index is 0.112. The molecule has 0 heterocycles. The van der Waals surface area contributed by atoms with Crippen molar-refractivity contribution in [3.63, 3.8) is 0 Å². The Morgan fingerprint density at radius 1 is 1.00 bits per heavy atom. The first-order valence-corrected chi connectivity index (χ1v) is 6.47. The van der Waals surface area contributed by atoms with Crippen LogP contribution in [-0.2, 0) is 4.74 Å². The summed E-state index contributed by atoms with van der Waals surface area (Å²) in [5, 5.41) is 2.54. The molecule has 0 amide bonds. The summed E-state index contributed by atoms with van der Waals surface area (Å²) >= 11 is 0. The molecular formula is C17H20O. The first kappa shape index (κ1) is 12.8. The molecule has 0 radical (unpaired) electrons. The number of rotatable bonds is 4. The van der Waals surface area contributed by atoms with E-state index in [4.69, 9.17) is 4.74 Å². The molecular weight excluding hydrogens is 220 g/mol. The van der Waals surface area contributed by atoms with E-state index in [-0.39, 0.29) is 12.2 Å². The van der Waals surface area contributed by atoms with E-state index in [0.717, 1.165) is 0 Å². The third-order valence-electron chi connectivity index (χ3n) is 3.13. The highest BCUT2D eigenvalue weighted by Gasteiger charge is 2.09. The Bertz CT molecular complexity index is 542. The molecule has 2 aromatic rings. The summed E-state index contributed by atoms with van der Waals surface area (Å²) in [6.45, 7) is 6.18. The van der Waals surface area contributed by atoms with Crippen LogP contribution in [0.4, 0.5) is 0 Å². The largest absolute Gasteiger partial charge is 0.367 e. The van der Waals surface area contributed by atoms with Gasteiger partial charge in [0.05, 0.1) is 12.2 Å². The SMILES string of the molecule is C/C=C/[C@@H](C)O[C@H](C)c1ccc2ccccc2c1. The van der Waals surface area contributed by atoms with Gasteiger partial charge in [-0.3, -0.25) is 0 Å². The van der Waals surface area contributed by atoms with Crippen molar-refractivity contribution in [2.24, 2.45) is 0 Å². The highest BCUT2D eigenvalue weighted by atomic mass is 16.5. The van der Waals surface area contributed by atoms with Gasteiger partial charge in [0.1, 0.15) is 0 Å². The Morgan fingerprint density at radius 2 is 1.72 bits per heavy atom. The summed E-state index contributed by atoms with van der Waals surface area (Å²) in [5.74, 6) is 0. The van der Waals surface area contributed by atoms with Gasteiger partial charge in [0, 0.05) is 0 Å². The van der Waals surface area contributed by atoms with Gasteiger partial charge in [0.15, 0.2) is 0 Å². The second kappa shape index (κ2) is 5.83. The first-order chi connectivity index (χ1) is 8.70. The van der Waals surface area contributed by atoms with E-state index in [2.05, 4.69) is 62.4 Å². The Morgan fingerprint density at radius 3 is 2.44 bits per heavy atom. The minimum Gasteiger partial charge on any atom is -0.367 e. The van der Waals surface area contributed by atoms with Gasteiger partial charge < -0.3 is 4.74 Å². The quantitative estimate of drug-likeness (QED) is 0.692. The summed E-state index contributed by atoms with van der Waals surface area (Å²) in [6, 6.07) is 14.9. The normalized spacial score (nSPS) is 15.1. The van der Waals surface area contributed by atoms with E-state index in [9.17, 15) is 0 Å². The summed E-state index contributed by atoms with van der Waals surface area (Å²) in [5.41, 5.74) is 1.23. The number of ether oxygens (including phenoxy) is 1. The molecule has 2 rings (SSSR count). The third-order valence-corrected chi connectivity index (χ3v) is 3.13. The molecule has 0 fully saturated rings. The number of allylic oxidation sites excluding steroid dienone is 1. The van der Waals surface area contributed by atoms with E-state index in [0.29, 0.717) is 0 Å². The fourth-order valence-corrected chi connectivity index (χ4v) is 2.18. The Hall–Kier alpha value is -1.60. The molecule has 94 valence electrons. The van der Waals surface area contributed by atoms with E-state index < -0.39 is 0 Å². The fraction of sp³-hybridized carbons (Fsp3) is 0.294. The minimum atomic E-state index is 0.112. The Balaban J connectivity index is 2.20. The summed E-state index contributed by atoms with van der Waals surface area (Å²) in [7, 11) is 0. The van der Waals surface area contributed by atoms with Crippen molar-refractivity contribution in [3.05, 3.63) is 60.2 Å². The first-order valence-electron chi connectivity index (χ1n) is 6.47. The van der Waals surface area contributed by atoms with Crippen LogP contribution in [0.2, 0.25) is 0 Å². The molecule has 0 aromatic heterocycles. The van der Waals surface area contributed by atoms with Crippen LogP contribution in [0.1, 0.15) is 32.4 Å². The lowest BCUT2D eigenvalue weighted by Gasteiger charge is -2.17. The molecule has 18 heavy (non-hydrogen) atoms. The Kier molecular flexibility index (Phi) is 4.16. The molecule has 0 bridgehead atoms. The van der Waals surface area contributed by atoms with Crippen LogP contribution in [0.25, 0.3) is 10.8 Å². The number of hydrogen-bond acceptors (Lipinski definition) is 1. The molecule has 0 aliphatic rings. The average Bonchev–Trinajstić information content (AvgIpc) is 2.38. The van der Waals surface area contributed by atoms with Crippen molar-refractivity contribution in [1.82, 2.24) is 0 Å². The standard InChI is InChI=1S/C17H20O/c1-4-7-13(2)18-14(3)16-11-10-15-8-5-6-9-17(15)12-16/h4-14H,1-3H3/b7-4+/t13-,14-/m1/s1. The van der Waals surface area contributed by atoms with Crippen molar-refractivity contribution < 1.29 is 4.74 Å². The van der Waals surface area contributed by atoms with Gasteiger partial charge >= 0.3 is 0 Å². The molecule has 0 saturated carbocycles. The second-order valence-corrected chi connectivity index (χ2v) is 4.62.